The first-order valence-electron chi connectivity index (χ1n) is 6.80. The number of aromatic nitrogens is 2. The smallest absolute Gasteiger partial charge is 0.334 e. The minimum absolute atomic E-state index is 0.0101. The van der Waals surface area contributed by atoms with Crippen LogP contribution in [0.1, 0.15) is 16.2 Å². The van der Waals surface area contributed by atoms with Crippen molar-refractivity contribution in [2.75, 3.05) is 19.7 Å². The summed E-state index contributed by atoms with van der Waals surface area (Å²) in [6.45, 7) is 2.37. The van der Waals surface area contributed by atoms with Gasteiger partial charge < -0.3 is 19.2 Å². The number of furan rings is 1. The minimum atomic E-state index is -1.08. The number of carboxylic acids is 1. The zero-order valence-electron chi connectivity index (χ0n) is 11.9. The summed E-state index contributed by atoms with van der Waals surface area (Å²) >= 11 is 0. The summed E-state index contributed by atoms with van der Waals surface area (Å²) < 4.78 is 10.6. The Balaban J connectivity index is 1.75. The van der Waals surface area contributed by atoms with Crippen molar-refractivity contribution in [1.82, 2.24) is 15.1 Å². The molecule has 0 radical (unpaired) electrons. The van der Waals surface area contributed by atoms with E-state index in [4.69, 9.17) is 14.3 Å². The topological polar surface area (TPSA) is 109 Å². The Morgan fingerprint density at radius 1 is 1.45 bits per heavy atom. The second-order valence-corrected chi connectivity index (χ2v) is 5.03. The van der Waals surface area contributed by atoms with Crippen molar-refractivity contribution in [2.24, 2.45) is 0 Å². The van der Waals surface area contributed by atoms with Gasteiger partial charge in [-0.2, -0.15) is 5.10 Å². The first kappa shape index (κ1) is 14.3. The van der Waals surface area contributed by atoms with Crippen LogP contribution in [0.4, 0.5) is 0 Å². The first-order chi connectivity index (χ1) is 10.5. The molecule has 1 atom stereocenters. The summed E-state index contributed by atoms with van der Waals surface area (Å²) in [5, 5.41) is 15.7. The van der Waals surface area contributed by atoms with Crippen molar-refractivity contribution in [1.29, 1.82) is 0 Å². The lowest BCUT2D eigenvalue weighted by Crippen LogP contribution is -2.48. The predicted octanol–water partition coefficient (Wildman–Crippen LogP) is 0.904. The predicted molar refractivity (Wildman–Crippen MR) is 74.3 cm³/mol. The Morgan fingerprint density at radius 2 is 2.27 bits per heavy atom. The number of carboxylic acid groups (broad SMARTS) is 1. The Kier molecular flexibility index (Phi) is 3.68. The number of hydrogen-bond acceptors (Lipinski definition) is 5. The van der Waals surface area contributed by atoms with Crippen LogP contribution in [0.25, 0.3) is 11.5 Å². The van der Waals surface area contributed by atoms with Crippen molar-refractivity contribution in [3.63, 3.8) is 0 Å². The van der Waals surface area contributed by atoms with Crippen LogP contribution in [-0.2, 0) is 9.53 Å². The van der Waals surface area contributed by atoms with Gasteiger partial charge in [0.05, 0.1) is 13.2 Å². The lowest BCUT2D eigenvalue weighted by Gasteiger charge is -2.30. The Hall–Kier alpha value is -2.61. The van der Waals surface area contributed by atoms with Crippen LogP contribution in [0, 0.1) is 6.92 Å². The number of morpholine rings is 1. The SMILES string of the molecule is Cc1ccc(-c2cc(C(=O)N3CCOC(C(=O)O)C3)n[nH]2)o1. The van der Waals surface area contributed by atoms with E-state index in [1.807, 2.05) is 13.0 Å². The van der Waals surface area contributed by atoms with E-state index in [0.717, 1.165) is 5.76 Å². The highest BCUT2D eigenvalue weighted by atomic mass is 16.5. The fourth-order valence-corrected chi connectivity index (χ4v) is 2.28. The molecule has 3 heterocycles. The van der Waals surface area contributed by atoms with E-state index in [1.54, 1.807) is 12.1 Å². The molecule has 22 heavy (non-hydrogen) atoms. The fraction of sp³-hybridized carbons (Fsp3) is 0.357. The third-order valence-corrected chi connectivity index (χ3v) is 3.43. The van der Waals surface area contributed by atoms with E-state index in [9.17, 15) is 9.59 Å². The standard InChI is InChI=1S/C14H15N3O5/c1-8-2-3-11(22-8)9-6-10(16-15-9)13(18)17-4-5-21-12(7-17)14(19)20/h2-3,6,12H,4-5,7H2,1H3,(H,15,16)(H,19,20). The number of aryl methyl sites for hydroxylation is 1. The first-order valence-corrected chi connectivity index (χ1v) is 6.80. The molecule has 2 N–H and O–H groups in total. The second-order valence-electron chi connectivity index (χ2n) is 5.03. The Labute approximate surface area is 125 Å². The molecule has 0 aromatic carbocycles. The fourth-order valence-electron chi connectivity index (χ4n) is 2.28. The molecule has 8 nitrogen and oxygen atoms in total. The maximum absolute atomic E-state index is 12.4. The van der Waals surface area contributed by atoms with Gasteiger partial charge in [0, 0.05) is 12.6 Å². The number of nitrogens with one attached hydrogen (secondary N) is 1. The normalized spacial score (nSPS) is 18.4. The van der Waals surface area contributed by atoms with Crippen LogP contribution in [0.3, 0.4) is 0 Å². The second kappa shape index (κ2) is 5.64. The van der Waals surface area contributed by atoms with Gasteiger partial charge in [-0.25, -0.2) is 4.79 Å². The molecule has 2 aromatic rings. The molecule has 116 valence electrons. The molecule has 1 fully saturated rings. The monoisotopic (exact) mass is 305 g/mol. The molecular formula is C14H15N3O5. The summed E-state index contributed by atoms with van der Waals surface area (Å²) in [5.41, 5.74) is 0.814. The molecule has 1 aliphatic rings. The molecule has 1 saturated heterocycles. The number of aromatic amines is 1. The van der Waals surface area contributed by atoms with Crippen molar-refractivity contribution in [3.8, 4) is 11.5 Å². The largest absolute Gasteiger partial charge is 0.479 e. The third kappa shape index (κ3) is 2.73. The van der Waals surface area contributed by atoms with Gasteiger partial charge >= 0.3 is 5.97 Å². The molecule has 0 saturated carbocycles. The van der Waals surface area contributed by atoms with Gasteiger partial charge in [-0.1, -0.05) is 0 Å². The number of ether oxygens (including phenoxy) is 1. The van der Waals surface area contributed by atoms with Crippen LogP contribution < -0.4 is 0 Å². The van der Waals surface area contributed by atoms with Crippen molar-refractivity contribution in [2.45, 2.75) is 13.0 Å². The zero-order chi connectivity index (χ0) is 15.7. The number of H-pyrrole nitrogens is 1. The number of nitrogens with zero attached hydrogens (tertiary/aromatic N) is 2. The van der Waals surface area contributed by atoms with Crippen LogP contribution in [-0.4, -0.2) is 57.9 Å². The molecule has 0 bridgehead atoms. The van der Waals surface area contributed by atoms with Crippen LogP contribution in [0.5, 0.6) is 0 Å². The van der Waals surface area contributed by atoms with Crippen molar-refractivity contribution >= 4 is 11.9 Å². The van der Waals surface area contributed by atoms with Crippen molar-refractivity contribution < 1.29 is 23.8 Å². The van der Waals surface area contributed by atoms with E-state index in [1.165, 1.54) is 4.90 Å². The minimum Gasteiger partial charge on any atom is -0.479 e. The van der Waals surface area contributed by atoms with Gasteiger partial charge in [0.1, 0.15) is 11.5 Å². The summed E-state index contributed by atoms with van der Waals surface area (Å²) in [4.78, 5) is 24.8. The van der Waals surface area contributed by atoms with Crippen LogP contribution in [0.15, 0.2) is 22.6 Å². The molecule has 0 spiro atoms. The lowest BCUT2D eigenvalue weighted by molar-refractivity contribution is -0.154. The Bertz CT molecular complexity index is 705. The van der Waals surface area contributed by atoms with Crippen molar-refractivity contribution in [3.05, 3.63) is 29.7 Å². The van der Waals surface area contributed by atoms with Gasteiger partial charge in [0.15, 0.2) is 17.6 Å². The highest BCUT2D eigenvalue weighted by Crippen LogP contribution is 2.21. The summed E-state index contributed by atoms with van der Waals surface area (Å²) in [6.07, 6.45) is -0.996. The maximum Gasteiger partial charge on any atom is 0.334 e. The number of amides is 1. The zero-order valence-corrected chi connectivity index (χ0v) is 11.9. The molecule has 2 aromatic heterocycles. The third-order valence-electron chi connectivity index (χ3n) is 3.43. The molecule has 1 aliphatic heterocycles. The van der Waals surface area contributed by atoms with Gasteiger partial charge in [-0.3, -0.25) is 9.89 Å². The van der Waals surface area contributed by atoms with Gasteiger partial charge in [0.2, 0.25) is 0 Å². The highest BCUT2D eigenvalue weighted by molar-refractivity contribution is 5.93. The van der Waals surface area contributed by atoms with E-state index in [0.29, 0.717) is 18.0 Å². The number of rotatable bonds is 3. The van der Waals surface area contributed by atoms with Gasteiger partial charge in [-0.05, 0) is 19.1 Å². The highest BCUT2D eigenvalue weighted by Gasteiger charge is 2.30. The van der Waals surface area contributed by atoms with E-state index in [2.05, 4.69) is 10.2 Å². The molecule has 0 aliphatic carbocycles. The summed E-state index contributed by atoms with van der Waals surface area (Å²) in [6, 6.07) is 5.19. The lowest BCUT2D eigenvalue weighted by atomic mass is 10.2. The molecule has 8 heteroatoms. The number of aliphatic carboxylic acids is 1. The summed E-state index contributed by atoms with van der Waals surface area (Å²) in [7, 11) is 0. The Morgan fingerprint density at radius 3 is 2.95 bits per heavy atom. The molecular weight excluding hydrogens is 290 g/mol. The van der Waals surface area contributed by atoms with Crippen LogP contribution in [0.2, 0.25) is 0 Å². The number of carbonyl (C=O) groups excluding carboxylic acids is 1. The van der Waals surface area contributed by atoms with Gasteiger partial charge in [0.25, 0.3) is 5.91 Å². The quantitative estimate of drug-likeness (QED) is 0.872. The average Bonchev–Trinajstić information content (AvgIpc) is 3.15. The van der Waals surface area contributed by atoms with Crippen LogP contribution >= 0.6 is 0 Å². The molecule has 1 unspecified atom stereocenters. The van der Waals surface area contributed by atoms with E-state index in [-0.39, 0.29) is 24.8 Å². The average molecular weight is 305 g/mol. The van der Waals surface area contributed by atoms with Gasteiger partial charge in [-0.15, -0.1) is 0 Å². The maximum atomic E-state index is 12.4. The van der Waals surface area contributed by atoms with E-state index < -0.39 is 12.1 Å². The molecule has 3 rings (SSSR count). The number of carbonyl (C=O) groups is 2. The molecule has 1 amide bonds. The number of hydrogen-bond donors (Lipinski definition) is 2. The van der Waals surface area contributed by atoms with E-state index >= 15 is 0 Å². The summed E-state index contributed by atoms with van der Waals surface area (Å²) in [5.74, 6) is -0.0593.